The first-order valence-corrected chi connectivity index (χ1v) is 12.8. The molecule has 2 amide bonds. The van der Waals surface area contributed by atoms with E-state index in [0.29, 0.717) is 23.6 Å². The molecular formula is C25H36N4O6S. The fraction of sp³-hybridized carbons (Fsp3) is 0.600. The van der Waals surface area contributed by atoms with E-state index in [-0.39, 0.29) is 30.3 Å². The molecule has 1 fully saturated rings. The smallest absolute Gasteiger partial charge is 0.410 e. The first kappa shape index (κ1) is 27.5. The van der Waals surface area contributed by atoms with E-state index in [1.165, 1.54) is 11.3 Å². The molecule has 3 rings (SSSR count). The summed E-state index contributed by atoms with van der Waals surface area (Å²) < 4.78 is 11.6. The Morgan fingerprint density at radius 2 is 1.64 bits per heavy atom. The van der Waals surface area contributed by atoms with Crippen LogP contribution in [0, 0.1) is 0 Å². The quantitative estimate of drug-likeness (QED) is 0.587. The summed E-state index contributed by atoms with van der Waals surface area (Å²) in [5.41, 5.74) is 0.107. The molecule has 11 heteroatoms. The second kappa shape index (κ2) is 10.1. The van der Waals surface area contributed by atoms with Gasteiger partial charge in [-0.3, -0.25) is 4.90 Å². The number of thiazole rings is 1. The molecule has 0 aliphatic carbocycles. The van der Waals surface area contributed by atoms with Crippen LogP contribution in [-0.4, -0.2) is 69.5 Å². The maximum absolute atomic E-state index is 12.8. The Balaban J connectivity index is 1.87. The Kier molecular flexibility index (Phi) is 7.73. The highest BCUT2D eigenvalue weighted by molar-refractivity contribution is 7.19. The molecule has 1 aliphatic rings. The van der Waals surface area contributed by atoms with E-state index in [1.807, 2.05) is 34.6 Å². The first-order chi connectivity index (χ1) is 16.6. The predicted molar refractivity (Wildman–Crippen MR) is 139 cm³/mol. The van der Waals surface area contributed by atoms with Crippen LogP contribution in [0.2, 0.25) is 0 Å². The summed E-state index contributed by atoms with van der Waals surface area (Å²) in [4.78, 5) is 45.2. The minimum Gasteiger partial charge on any atom is -0.478 e. The summed E-state index contributed by atoms with van der Waals surface area (Å²) in [6, 6.07) is 3.09. The number of amides is 2. The van der Waals surface area contributed by atoms with E-state index in [0.717, 1.165) is 10.4 Å². The molecule has 0 unspecified atom stereocenters. The zero-order valence-electron chi connectivity index (χ0n) is 22.2. The van der Waals surface area contributed by atoms with Gasteiger partial charge in [-0.2, -0.15) is 0 Å². The maximum Gasteiger partial charge on any atom is 0.410 e. The average Bonchev–Trinajstić information content (AvgIpc) is 3.12. The molecule has 36 heavy (non-hydrogen) atoms. The van der Waals surface area contributed by atoms with Gasteiger partial charge in [-0.25, -0.2) is 19.4 Å². The number of fused-ring (bicyclic) bond motifs is 1. The highest BCUT2D eigenvalue weighted by atomic mass is 32.1. The molecule has 0 saturated carbocycles. The van der Waals surface area contributed by atoms with Crippen molar-refractivity contribution in [2.24, 2.45) is 0 Å². The van der Waals surface area contributed by atoms with Crippen molar-refractivity contribution in [3.05, 3.63) is 22.7 Å². The minimum absolute atomic E-state index is 0.0991. The number of aromatic carboxylic acids is 1. The Morgan fingerprint density at radius 1 is 1.06 bits per heavy atom. The maximum atomic E-state index is 12.8. The predicted octanol–water partition coefficient (Wildman–Crippen LogP) is 4.85. The molecule has 1 saturated heterocycles. The summed E-state index contributed by atoms with van der Waals surface area (Å²) in [7, 11) is 0. The van der Waals surface area contributed by atoms with Gasteiger partial charge < -0.3 is 24.8 Å². The van der Waals surface area contributed by atoms with Gasteiger partial charge in [0.1, 0.15) is 16.2 Å². The van der Waals surface area contributed by atoms with Crippen LogP contribution < -0.4 is 10.2 Å². The van der Waals surface area contributed by atoms with E-state index in [9.17, 15) is 19.5 Å². The zero-order valence-corrected chi connectivity index (χ0v) is 23.0. The van der Waals surface area contributed by atoms with Gasteiger partial charge in [-0.05, 0) is 67.5 Å². The number of nitrogens with zero attached hydrogens (tertiary/aromatic N) is 3. The number of piperazine rings is 1. The van der Waals surface area contributed by atoms with Crippen LogP contribution in [0.1, 0.15) is 70.8 Å². The molecule has 2 N–H and O–H groups in total. The Bertz CT molecular complexity index is 1140. The van der Waals surface area contributed by atoms with Crippen molar-refractivity contribution in [1.82, 2.24) is 15.2 Å². The first-order valence-electron chi connectivity index (χ1n) is 11.9. The van der Waals surface area contributed by atoms with Crippen LogP contribution >= 0.6 is 11.3 Å². The van der Waals surface area contributed by atoms with E-state index in [4.69, 9.17) is 9.47 Å². The number of alkyl carbamates (subject to hydrolysis) is 1. The lowest BCUT2D eigenvalue weighted by molar-refractivity contribution is 0.00563. The van der Waals surface area contributed by atoms with Crippen LogP contribution in [-0.2, 0) is 16.0 Å². The number of hydrogen-bond donors (Lipinski definition) is 2. The number of carbonyl (C=O) groups is 3. The van der Waals surface area contributed by atoms with Crippen LogP contribution in [0.25, 0.3) is 10.2 Å². The fourth-order valence-electron chi connectivity index (χ4n) is 4.19. The van der Waals surface area contributed by atoms with Gasteiger partial charge in [0.25, 0.3) is 0 Å². The molecule has 2 heterocycles. The number of hydrogen-bond acceptors (Lipinski definition) is 8. The largest absolute Gasteiger partial charge is 0.478 e. The lowest BCUT2D eigenvalue weighted by Gasteiger charge is -2.45. The third kappa shape index (κ3) is 6.57. The third-order valence-corrected chi connectivity index (χ3v) is 6.52. The molecule has 0 spiro atoms. The van der Waals surface area contributed by atoms with E-state index in [2.05, 4.69) is 15.2 Å². The Hall–Kier alpha value is -3.08. The lowest BCUT2D eigenvalue weighted by atomic mass is 10.1. The monoisotopic (exact) mass is 520 g/mol. The van der Waals surface area contributed by atoms with Gasteiger partial charge in [0.05, 0.1) is 40.1 Å². The number of ether oxygens (including phenoxy) is 2. The van der Waals surface area contributed by atoms with Gasteiger partial charge in [0.2, 0.25) is 0 Å². The van der Waals surface area contributed by atoms with Gasteiger partial charge in [-0.1, -0.05) is 0 Å². The molecule has 1 aliphatic heterocycles. The molecule has 1 aromatic heterocycles. The number of carboxylic acid groups (broad SMARTS) is 1. The van der Waals surface area contributed by atoms with Crippen LogP contribution in [0.15, 0.2) is 12.1 Å². The summed E-state index contributed by atoms with van der Waals surface area (Å²) in [6.45, 7) is 16.0. The highest BCUT2D eigenvalue weighted by Gasteiger charge is 2.36. The van der Waals surface area contributed by atoms with Crippen LogP contribution in [0.5, 0.6) is 0 Å². The third-order valence-electron chi connectivity index (χ3n) is 5.44. The van der Waals surface area contributed by atoms with Crippen molar-refractivity contribution in [1.29, 1.82) is 0 Å². The van der Waals surface area contributed by atoms with Crippen LogP contribution in [0.4, 0.5) is 15.3 Å². The molecule has 10 nitrogen and oxygen atoms in total. The van der Waals surface area contributed by atoms with Gasteiger partial charge in [-0.15, -0.1) is 11.3 Å². The van der Waals surface area contributed by atoms with E-state index < -0.39 is 23.3 Å². The van der Waals surface area contributed by atoms with Crippen molar-refractivity contribution in [3.8, 4) is 0 Å². The molecular weight excluding hydrogens is 484 g/mol. The Labute approximate surface area is 215 Å². The molecule has 0 radical (unpaired) electrons. The van der Waals surface area contributed by atoms with Crippen molar-refractivity contribution in [2.75, 3.05) is 18.0 Å². The van der Waals surface area contributed by atoms with Gasteiger partial charge in [0.15, 0.2) is 0 Å². The average molecular weight is 521 g/mol. The van der Waals surface area contributed by atoms with Crippen LogP contribution in [0.3, 0.4) is 0 Å². The van der Waals surface area contributed by atoms with E-state index >= 15 is 0 Å². The molecule has 2 atom stereocenters. The number of benzene rings is 1. The van der Waals surface area contributed by atoms with Crippen molar-refractivity contribution in [3.63, 3.8) is 0 Å². The SMILES string of the molecule is C[C@H]1CN(c2ccc(C(=O)O)c3nc(CNC(=O)OC(C)(C)C)sc23)C[C@H](C)N1C(=O)OC(C)(C)C. The number of anilines is 1. The number of carboxylic acids is 1. The number of rotatable bonds is 4. The van der Waals surface area contributed by atoms with Gasteiger partial charge >= 0.3 is 18.2 Å². The highest BCUT2D eigenvalue weighted by Crippen LogP contribution is 2.36. The topological polar surface area (TPSA) is 121 Å². The molecule has 0 bridgehead atoms. The number of aromatic nitrogens is 1. The minimum atomic E-state index is -1.07. The van der Waals surface area contributed by atoms with Crippen molar-refractivity contribution >= 4 is 45.4 Å². The molecule has 2 aromatic rings. The number of carbonyl (C=O) groups excluding carboxylic acids is 2. The Morgan fingerprint density at radius 3 is 2.17 bits per heavy atom. The van der Waals surface area contributed by atoms with Crippen molar-refractivity contribution in [2.45, 2.75) is 85.2 Å². The zero-order chi connectivity index (χ0) is 27.0. The standard InChI is InChI=1S/C25H36N4O6S/c1-14-12-28(13-15(2)29(14)23(33)35-25(6,7)8)17-10-9-16(21(30)31)19-20(17)36-18(27-19)11-26-22(32)34-24(3,4)5/h9-10,14-15H,11-13H2,1-8H3,(H,26,32)(H,30,31)/t14-,15-/m0/s1. The number of nitrogens with one attached hydrogen (secondary N) is 1. The summed E-state index contributed by atoms with van der Waals surface area (Å²) >= 11 is 1.33. The lowest BCUT2D eigenvalue weighted by Crippen LogP contribution is -2.59. The molecule has 198 valence electrons. The second-order valence-corrected chi connectivity index (χ2v) is 12.2. The second-order valence-electron chi connectivity index (χ2n) is 11.1. The summed E-state index contributed by atoms with van der Waals surface area (Å²) in [5.74, 6) is -1.07. The fourth-order valence-corrected chi connectivity index (χ4v) is 5.26. The normalized spacial score (nSPS) is 18.8. The van der Waals surface area contributed by atoms with Crippen molar-refractivity contribution < 1.29 is 29.0 Å². The summed E-state index contributed by atoms with van der Waals surface area (Å²) in [5, 5.41) is 13.0. The van der Waals surface area contributed by atoms with Gasteiger partial charge in [0, 0.05) is 13.1 Å². The van der Waals surface area contributed by atoms with E-state index in [1.54, 1.807) is 37.8 Å². The summed E-state index contributed by atoms with van der Waals surface area (Å²) in [6.07, 6.45) is -0.914. The molecule has 1 aromatic carbocycles.